The first-order valence-corrected chi connectivity index (χ1v) is 7.50. The fourth-order valence-electron chi connectivity index (χ4n) is 2.54. The van der Waals surface area contributed by atoms with Gasteiger partial charge in [0.05, 0.1) is 0 Å². The number of nitrogens with one attached hydrogen (secondary N) is 1. The molecule has 2 bridgehead atoms. The molecule has 2 atom stereocenters. The molecule has 0 amide bonds. The van der Waals surface area contributed by atoms with Crippen molar-refractivity contribution in [3.63, 3.8) is 0 Å². The van der Waals surface area contributed by atoms with E-state index in [2.05, 4.69) is 65.6 Å². The number of nitrogens with zero attached hydrogens (tertiary/aromatic N) is 2. The maximum absolute atomic E-state index is 4.44. The summed E-state index contributed by atoms with van der Waals surface area (Å²) < 4.78 is 0. The largest absolute Gasteiger partial charge is 0.306 e. The van der Waals surface area contributed by atoms with E-state index in [1.54, 1.807) is 0 Å². The monoisotopic (exact) mass is 279 g/mol. The van der Waals surface area contributed by atoms with Crippen LogP contribution in [0.15, 0.2) is 57.8 Å². The van der Waals surface area contributed by atoms with E-state index in [0.717, 1.165) is 18.8 Å². The van der Waals surface area contributed by atoms with Crippen LogP contribution in [-0.2, 0) is 6.54 Å². The summed E-state index contributed by atoms with van der Waals surface area (Å²) in [5.74, 6) is 1.27. The first-order valence-electron chi connectivity index (χ1n) is 7.50. The summed E-state index contributed by atoms with van der Waals surface area (Å²) in [5.41, 5.74) is 3.84. The number of hydrogen-bond donors (Lipinski definition) is 1. The van der Waals surface area contributed by atoms with Crippen molar-refractivity contribution in [1.29, 1.82) is 0 Å². The van der Waals surface area contributed by atoms with Crippen molar-refractivity contribution < 1.29 is 0 Å². The highest BCUT2D eigenvalue weighted by atomic mass is 15.0. The lowest BCUT2D eigenvalue weighted by Crippen LogP contribution is -2.28. The van der Waals surface area contributed by atoms with Crippen molar-refractivity contribution >= 4 is 12.4 Å². The lowest BCUT2D eigenvalue weighted by atomic mass is 9.99. The molecule has 2 heterocycles. The molecular weight excluding hydrogens is 258 g/mol. The van der Waals surface area contributed by atoms with Crippen LogP contribution in [0.3, 0.4) is 0 Å². The molecule has 108 valence electrons. The van der Waals surface area contributed by atoms with Gasteiger partial charge in [0.25, 0.3) is 0 Å². The van der Waals surface area contributed by atoms with Crippen LogP contribution in [-0.4, -0.2) is 18.5 Å². The third-order valence-electron chi connectivity index (χ3n) is 3.95. The minimum atomic E-state index is 0.281. The lowest BCUT2D eigenvalue weighted by molar-refractivity contribution is 0.619. The number of aryl methyl sites for hydroxylation is 1. The Bertz CT molecular complexity index is 620. The Morgan fingerprint density at radius 3 is 2.81 bits per heavy atom. The third kappa shape index (κ3) is 3.56. The number of benzene rings is 1. The average Bonchev–Trinajstić information content (AvgIpc) is 2.64. The Kier molecular flexibility index (Phi) is 4.11. The zero-order valence-electron chi connectivity index (χ0n) is 12.6. The van der Waals surface area contributed by atoms with E-state index < -0.39 is 0 Å². The fraction of sp³-hybridized carbons (Fsp3) is 0.333. The zero-order valence-corrected chi connectivity index (χ0v) is 12.6. The highest BCUT2D eigenvalue weighted by Gasteiger charge is 2.15. The average molecular weight is 279 g/mol. The van der Waals surface area contributed by atoms with Crippen molar-refractivity contribution in [2.45, 2.75) is 32.9 Å². The molecule has 0 spiro atoms. The van der Waals surface area contributed by atoms with Gasteiger partial charge in [-0.1, -0.05) is 35.9 Å². The maximum atomic E-state index is 4.44. The predicted octanol–water partition coefficient (Wildman–Crippen LogP) is 3.42. The molecule has 1 aromatic carbocycles. The molecule has 21 heavy (non-hydrogen) atoms. The summed E-state index contributed by atoms with van der Waals surface area (Å²) in [6, 6.07) is 8.94. The van der Waals surface area contributed by atoms with Gasteiger partial charge in [-0.05, 0) is 37.5 Å². The van der Waals surface area contributed by atoms with Gasteiger partial charge in [-0.25, -0.2) is 9.98 Å². The first-order chi connectivity index (χ1) is 10.2. The van der Waals surface area contributed by atoms with E-state index in [4.69, 9.17) is 0 Å². The normalized spacial score (nSPS) is 21.5. The number of hydrogen-bond acceptors (Lipinski definition) is 3. The smallest absolute Gasteiger partial charge is 0.147 e. The Balaban J connectivity index is 1.63. The van der Waals surface area contributed by atoms with Gasteiger partial charge in [-0.15, -0.1) is 0 Å². The molecule has 0 radical (unpaired) electrons. The van der Waals surface area contributed by atoms with E-state index in [-0.39, 0.29) is 6.04 Å². The molecule has 3 nitrogen and oxygen atoms in total. The Morgan fingerprint density at radius 1 is 1.19 bits per heavy atom. The van der Waals surface area contributed by atoms with E-state index in [1.165, 1.54) is 16.7 Å². The van der Waals surface area contributed by atoms with Crippen molar-refractivity contribution in [3.8, 4) is 0 Å². The van der Waals surface area contributed by atoms with Crippen molar-refractivity contribution in [2.24, 2.45) is 15.9 Å². The highest BCUT2D eigenvalue weighted by molar-refractivity contribution is 5.82. The van der Waals surface area contributed by atoms with Crippen LogP contribution in [0.4, 0.5) is 0 Å². The van der Waals surface area contributed by atoms with E-state index >= 15 is 0 Å². The van der Waals surface area contributed by atoms with Gasteiger partial charge < -0.3 is 5.32 Å². The van der Waals surface area contributed by atoms with Crippen molar-refractivity contribution in [2.75, 3.05) is 0 Å². The molecule has 2 aliphatic rings. The van der Waals surface area contributed by atoms with Gasteiger partial charge in [0.2, 0.25) is 0 Å². The van der Waals surface area contributed by atoms with Crippen LogP contribution >= 0.6 is 0 Å². The first kappa shape index (κ1) is 14.0. The number of rotatable bonds is 4. The molecule has 0 aromatic heterocycles. The fourth-order valence-corrected chi connectivity index (χ4v) is 2.54. The van der Waals surface area contributed by atoms with E-state index in [9.17, 15) is 0 Å². The van der Waals surface area contributed by atoms with Crippen LogP contribution in [0.5, 0.6) is 0 Å². The molecule has 3 rings (SSSR count). The quantitative estimate of drug-likeness (QED) is 0.901. The number of allylic oxidation sites excluding steroid dienone is 2. The van der Waals surface area contributed by atoms with Crippen LogP contribution in [0.1, 0.15) is 24.5 Å². The predicted molar refractivity (Wildman–Crippen MR) is 88.7 cm³/mol. The lowest BCUT2D eigenvalue weighted by Gasteiger charge is -2.16. The number of fused-ring (bicyclic) bond motifs is 1. The Hall–Kier alpha value is -2.00. The summed E-state index contributed by atoms with van der Waals surface area (Å²) in [6.45, 7) is 5.17. The molecule has 0 saturated carbocycles. The summed E-state index contributed by atoms with van der Waals surface area (Å²) >= 11 is 0. The van der Waals surface area contributed by atoms with Crippen LogP contribution in [0.2, 0.25) is 0 Å². The molecular formula is C18H21N3. The van der Waals surface area contributed by atoms with Crippen molar-refractivity contribution in [1.82, 2.24) is 5.32 Å². The molecule has 2 aliphatic heterocycles. The van der Waals surface area contributed by atoms with Gasteiger partial charge in [-0.2, -0.15) is 0 Å². The SMILES string of the molecule is Cc1ccc(CNC(C)C2=CC3C=C(N=CC3)N=C2)cc1. The number of aliphatic imine (C=N–C) groups is 2. The van der Waals surface area contributed by atoms with Gasteiger partial charge in [0.15, 0.2) is 0 Å². The van der Waals surface area contributed by atoms with Gasteiger partial charge in [0.1, 0.15) is 5.82 Å². The summed E-state index contributed by atoms with van der Waals surface area (Å²) in [6.07, 6.45) is 9.31. The topological polar surface area (TPSA) is 36.8 Å². The summed E-state index contributed by atoms with van der Waals surface area (Å²) in [5, 5.41) is 3.57. The highest BCUT2D eigenvalue weighted by Crippen LogP contribution is 2.21. The zero-order chi connectivity index (χ0) is 14.7. The molecule has 1 N–H and O–H groups in total. The van der Waals surface area contributed by atoms with Crippen LogP contribution in [0, 0.1) is 12.8 Å². The second kappa shape index (κ2) is 6.19. The molecule has 0 aliphatic carbocycles. The van der Waals surface area contributed by atoms with Gasteiger partial charge >= 0.3 is 0 Å². The molecule has 1 aromatic rings. The summed E-state index contributed by atoms with van der Waals surface area (Å²) in [7, 11) is 0. The molecule has 3 heteroatoms. The van der Waals surface area contributed by atoms with Gasteiger partial charge in [-0.3, -0.25) is 0 Å². The van der Waals surface area contributed by atoms with E-state index in [0.29, 0.717) is 5.92 Å². The molecule has 0 fully saturated rings. The van der Waals surface area contributed by atoms with E-state index in [1.807, 2.05) is 12.4 Å². The van der Waals surface area contributed by atoms with Crippen molar-refractivity contribution in [3.05, 3.63) is 58.9 Å². The Labute approximate surface area is 126 Å². The van der Waals surface area contributed by atoms with Crippen LogP contribution in [0.25, 0.3) is 0 Å². The maximum Gasteiger partial charge on any atom is 0.147 e. The van der Waals surface area contributed by atoms with Gasteiger partial charge in [0, 0.05) is 30.9 Å². The Morgan fingerprint density at radius 2 is 2.00 bits per heavy atom. The molecule has 2 unspecified atom stereocenters. The second-order valence-electron chi connectivity index (χ2n) is 5.75. The standard InChI is InChI=1S/C18H21N3/c1-13-3-5-15(6-4-13)11-20-14(2)17-9-16-7-8-19-18(10-16)21-12-17/h3-6,8-10,12,14,16,20H,7,11H2,1-2H3. The molecule has 0 saturated heterocycles. The van der Waals surface area contributed by atoms with Crippen LogP contribution < -0.4 is 5.32 Å². The minimum absolute atomic E-state index is 0.281. The minimum Gasteiger partial charge on any atom is -0.306 e. The third-order valence-corrected chi connectivity index (χ3v) is 3.95. The second-order valence-corrected chi connectivity index (χ2v) is 5.75. The summed E-state index contributed by atoms with van der Waals surface area (Å²) in [4.78, 5) is 8.73.